The molecule has 6 rings (SSSR count). The highest BCUT2D eigenvalue weighted by Gasteiger charge is 2.65. The summed E-state index contributed by atoms with van der Waals surface area (Å²) in [6.07, 6.45) is 7.19. The Bertz CT molecular complexity index is 738. The van der Waals surface area contributed by atoms with E-state index in [9.17, 15) is 4.79 Å². The number of hydrogen-bond donors (Lipinski definition) is 1. The molecule has 27 heavy (non-hydrogen) atoms. The molecule has 1 aromatic rings. The molecule has 0 radical (unpaired) electrons. The van der Waals surface area contributed by atoms with Gasteiger partial charge in [-0.1, -0.05) is 37.3 Å². The first-order valence-electron chi connectivity index (χ1n) is 10.9. The lowest BCUT2D eigenvalue weighted by Crippen LogP contribution is -2.65. The maximum absolute atomic E-state index is 14.0. The second-order valence-corrected chi connectivity index (χ2v) is 10.9. The van der Waals surface area contributed by atoms with Gasteiger partial charge in [-0.25, -0.2) is 0 Å². The first-order valence-corrected chi connectivity index (χ1v) is 10.9. The number of nitrogens with one attached hydrogen (secondary N) is 1. The molecular formula is C24H34N2O. The number of amides is 1. The Kier molecular flexibility index (Phi) is 3.82. The molecule has 4 saturated carbocycles. The largest absolute Gasteiger partial charge is 0.339 e. The highest BCUT2D eigenvalue weighted by atomic mass is 16.2. The van der Waals surface area contributed by atoms with Gasteiger partial charge in [0.25, 0.3) is 0 Å². The van der Waals surface area contributed by atoms with Crippen molar-refractivity contribution in [1.82, 2.24) is 10.2 Å². The van der Waals surface area contributed by atoms with Crippen molar-refractivity contribution < 1.29 is 4.79 Å². The maximum atomic E-state index is 14.0. The van der Waals surface area contributed by atoms with E-state index < -0.39 is 0 Å². The molecule has 0 aromatic heterocycles. The minimum Gasteiger partial charge on any atom is -0.339 e. The van der Waals surface area contributed by atoms with Gasteiger partial charge in [0.1, 0.15) is 0 Å². The first kappa shape index (κ1) is 17.7. The van der Waals surface area contributed by atoms with Crippen LogP contribution in [-0.2, 0) is 10.2 Å². The molecule has 1 amide bonds. The van der Waals surface area contributed by atoms with E-state index in [-0.39, 0.29) is 10.8 Å². The van der Waals surface area contributed by atoms with Gasteiger partial charge in [0.2, 0.25) is 5.91 Å². The number of carbonyl (C=O) groups is 1. The molecule has 1 saturated heterocycles. The van der Waals surface area contributed by atoms with Crippen molar-refractivity contribution in [2.75, 3.05) is 13.1 Å². The van der Waals surface area contributed by atoms with Crippen molar-refractivity contribution in [2.24, 2.45) is 16.7 Å². The predicted octanol–water partition coefficient (Wildman–Crippen LogP) is 4.12. The number of nitrogens with zero attached hydrogens (tertiary/aromatic N) is 1. The van der Waals surface area contributed by atoms with Crippen LogP contribution in [-0.4, -0.2) is 36.0 Å². The van der Waals surface area contributed by atoms with Crippen LogP contribution in [0, 0.1) is 16.7 Å². The van der Waals surface area contributed by atoms with Gasteiger partial charge in [0, 0.05) is 25.2 Å². The van der Waals surface area contributed by atoms with Crippen molar-refractivity contribution in [2.45, 2.75) is 76.8 Å². The molecule has 3 heteroatoms. The minimum absolute atomic E-state index is 0.124. The third-order valence-corrected chi connectivity index (χ3v) is 8.03. The van der Waals surface area contributed by atoms with Crippen LogP contribution in [0.1, 0.15) is 64.9 Å². The summed E-state index contributed by atoms with van der Waals surface area (Å²) in [5.74, 6) is 1.19. The van der Waals surface area contributed by atoms with Crippen molar-refractivity contribution in [3.63, 3.8) is 0 Å². The Labute approximate surface area is 163 Å². The summed E-state index contributed by atoms with van der Waals surface area (Å²) in [4.78, 5) is 16.2. The minimum atomic E-state index is -0.124. The molecule has 1 N–H and O–H groups in total. The van der Waals surface area contributed by atoms with E-state index >= 15 is 0 Å². The summed E-state index contributed by atoms with van der Waals surface area (Å²) in [6, 6.07) is 11.9. The van der Waals surface area contributed by atoms with Gasteiger partial charge in [0.05, 0.1) is 5.41 Å². The topological polar surface area (TPSA) is 32.3 Å². The number of carbonyl (C=O) groups excluding carboxylic acids is 1. The zero-order valence-corrected chi connectivity index (χ0v) is 17.1. The normalized spacial score (nSPS) is 45.9. The maximum Gasteiger partial charge on any atom is 0.228 e. The average molecular weight is 367 g/mol. The Hall–Kier alpha value is -1.35. The average Bonchev–Trinajstić information content (AvgIpc) is 2.59. The van der Waals surface area contributed by atoms with Crippen LogP contribution in [0.15, 0.2) is 30.3 Å². The van der Waals surface area contributed by atoms with Crippen molar-refractivity contribution in [1.29, 1.82) is 0 Å². The number of rotatable bonds is 2. The molecule has 146 valence electrons. The fourth-order valence-corrected chi connectivity index (χ4v) is 8.10. The molecule has 0 spiro atoms. The van der Waals surface area contributed by atoms with Crippen molar-refractivity contribution in [3.8, 4) is 0 Å². The highest BCUT2D eigenvalue weighted by molar-refractivity contribution is 5.84. The van der Waals surface area contributed by atoms with Crippen molar-refractivity contribution in [3.05, 3.63) is 35.9 Å². The van der Waals surface area contributed by atoms with Gasteiger partial charge in [-0.3, -0.25) is 4.79 Å². The molecule has 1 aromatic carbocycles. The van der Waals surface area contributed by atoms with E-state index in [0.717, 1.165) is 32.4 Å². The quantitative estimate of drug-likeness (QED) is 0.854. The molecule has 1 aliphatic heterocycles. The first-order chi connectivity index (χ1) is 12.8. The van der Waals surface area contributed by atoms with Crippen LogP contribution in [0.2, 0.25) is 0 Å². The van der Waals surface area contributed by atoms with Crippen LogP contribution in [0.5, 0.6) is 0 Å². The molecule has 5 fully saturated rings. The Morgan fingerprint density at radius 1 is 1.00 bits per heavy atom. The molecule has 6 atom stereocenters. The zero-order chi connectivity index (χ0) is 18.9. The zero-order valence-electron chi connectivity index (χ0n) is 17.1. The lowest BCUT2D eigenvalue weighted by Gasteiger charge is -2.66. The number of benzene rings is 1. The van der Waals surface area contributed by atoms with Crippen LogP contribution in [0.3, 0.4) is 0 Å². The van der Waals surface area contributed by atoms with Crippen LogP contribution < -0.4 is 5.32 Å². The van der Waals surface area contributed by atoms with E-state index in [1.807, 2.05) is 0 Å². The predicted molar refractivity (Wildman–Crippen MR) is 108 cm³/mol. The van der Waals surface area contributed by atoms with Gasteiger partial charge >= 0.3 is 0 Å². The van der Waals surface area contributed by atoms with Crippen LogP contribution in [0.4, 0.5) is 0 Å². The van der Waals surface area contributed by atoms with Crippen LogP contribution >= 0.6 is 0 Å². The van der Waals surface area contributed by atoms with E-state index in [4.69, 9.17) is 0 Å². The van der Waals surface area contributed by atoms with Gasteiger partial charge in [-0.2, -0.15) is 0 Å². The summed E-state index contributed by atoms with van der Waals surface area (Å²) < 4.78 is 0. The van der Waals surface area contributed by atoms with Crippen LogP contribution in [0.25, 0.3) is 0 Å². The van der Waals surface area contributed by atoms with E-state index in [0.29, 0.717) is 29.3 Å². The summed E-state index contributed by atoms with van der Waals surface area (Å²) in [5, 5.41) is 3.58. The summed E-state index contributed by atoms with van der Waals surface area (Å²) >= 11 is 0. The van der Waals surface area contributed by atoms with Crippen molar-refractivity contribution >= 4 is 5.91 Å². The van der Waals surface area contributed by atoms with E-state index in [2.05, 4.69) is 61.3 Å². The molecule has 4 bridgehead atoms. The molecule has 4 aliphatic carbocycles. The monoisotopic (exact) mass is 366 g/mol. The molecular weight excluding hydrogens is 332 g/mol. The Morgan fingerprint density at radius 3 is 2.37 bits per heavy atom. The Morgan fingerprint density at radius 2 is 1.70 bits per heavy atom. The SMILES string of the molecule is C[C@@H]1CN(C(=O)C23C[C@@H]4CC(C)(C2)CC(c2ccccc2)(C4)C3)C[C@H](C)N1. The standard InChI is InChI=1S/C24H34N2O/c1-17-12-26(13-18(2)25-17)21(27)24-11-19-9-22(3,15-24)14-23(10-19,16-24)20-7-5-4-6-8-20/h4-8,17-19,25H,9-16H2,1-3H3/t17-,18+,19-,22?,23?,24?/m1/s1. The third kappa shape index (κ3) is 2.76. The van der Waals surface area contributed by atoms with Gasteiger partial charge in [0.15, 0.2) is 0 Å². The lowest BCUT2D eigenvalue weighted by atomic mass is 9.38. The Balaban J connectivity index is 1.52. The summed E-state index contributed by atoms with van der Waals surface area (Å²) in [5.41, 5.74) is 1.91. The molecule has 3 nitrogen and oxygen atoms in total. The molecule has 5 aliphatic rings. The highest BCUT2D eigenvalue weighted by Crippen LogP contribution is 2.70. The summed E-state index contributed by atoms with van der Waals surface area (Å²) in [7, 11) is 0. The lowest BCUT2D eigenvalue weighted by molar-refractivity contribution is -0.172. The van der Waals surface area contributed by atoms with E-state index in [1.165, 1.54) is 24.8 Å². The second kappa shape index (κ2) is 5.83. The smallest absolute Gasteiger partial charge is 0.228 e. The fourth-order valence-electron chi connectivity index (χ4n) is 8.10. The fraction of sp³-hybridized carbons (Fsp3) is 0.708. The third-order valence-electron chi connectivity index (χ3n) is 8.03. The molecule has 1 heterocycles. The number of hydrogen-bond acceptors (Lipinski definition) is 2. The van der Waals surface area contributed by atoms with Gasteiger partial charge < -0.3 is 10.2 Å². The van der Waals surface area contributed by atoms with Gasteiger partial charge in [-0.05, 0) is 74.7 Å². The van der Waals surface area contributed by atoms with Gasteiger partial charge in [-0.15, -0.1) is 0 Å². The molecule has 3 unspecified atom stereocenters. The van der Waals surface area contributed by atoms with E-state index in [1.54, 1.807) is 0 Å². The number of piperazine rings is 1. The summed E-state index contributed by atoms with van der Waals surface area (Å²) in [6.45, 7) is 8.63. The second-order valence-electron chi connectivity index (χ2n) is 10.9.